The molecule has 1 unspecified atom stereocenters. The van der Waals surface area contributed by atoms with E-state index in [9.17, 15) is 9.90 Å². The predicted octanol–water partition coefficient (Wildman–Crippen LogP) is 17.4. The van der Waals surface area contributed by atoms with Crippen molar-refractivity contribution >= 4 is 5.97 Å². The van der Waals surface area contributed by atoms with Crippen LogP contribution in [-0.2, 0) is 14.3 Å². The van der Waals surface area contributed by atoms with Gasteiger partial charge in [-0.1, -0.05) is 226 Å². The van der Waals surface area contributed by atoms with Crippen molar-refractivity contribution in [2.24, 2.45) is 0 Å². The molecule has 0 radical (unpaired) electrons. The highest BCUT2D eigenvalue weighted by Gasteiger charge is 2.13. The van der Waals surface area contributed by atoms with E-state index in [1.54, 1.807) is 0 Å². The van der Waals surface area contributed by atoms with E-state index in [0.717, 1.165) is 70.6 Å². The Morgan fingerprint density at radius 3 is 1.11 bits per heavy atom. The second-order valence-electron chi connectivity index (χ2n) is 16.5. The molecule has 0 aliphatic carbocycles. The van der Waals surface area contributed by atoms with Crippen molar-refractivity contribution in [1.29, 1.82) is 0 Å². The quantitative estimate of drug-likeness (QED) is 0.0377. The maximum absolute atomic E-state index is 12.2. The number of aliphatic hydroxyl groups is 1. The topological polar surface area (TPSA) is 55.8 Å². The van der Waals surface area contributed by atoms with Gasteiger partial charge in [0.2, 0.25) is 0 Å². The molecule has 0 saturated carbocycles. The van der Waals surface area contributed by atoms with Crippen LogP contribution < -0.4 is 0 Å². The van der Waals surface area contributed by atoms with E-state index in [4.69, 9.17) is 9.47 Å². The first-order valence-corrected chi connectivity index (χ1v) is 25.5. The summed E-state index contributed by atoms with van der Waals surface area (Å²) in [5.74, 6) is -0.260. The van der Waals surface area contributed by atoms with Gasteiger partial charge >= 0.3 is 5.97 Å². The van der Waals surface area contributed by atoms with Gasteiger partial charge in [-0.05, 0) is 96.3 Å². The first-order valence-electron chi connectivity index (χ1n) is 25.5. The van der Waals surface area contributed by atoms with Crippen LogP contribution in [0.5, 0.6) is 0 Å². The number of aliphatic hydroxyl groups excluding tert-OH is 1. The van der Waals surface area contributed by atoms with Gasteiger partial charge in [-0.2, -0.15) is 0 Å². The zero-order valence-electron chi connectivity index (χ0n) is 39.9. The van der Waals surface area contributed by atoms with Crippen LogP contribution in [-0.4, -0.2) is 37.0 Å². The van der Waals surface area contributed by atoms with Crippen molar-refractivity contribution in [3.8, 4) is 0 Å². The minimum atomic E-state index is -0.573. The monoisotopic (exact) mass is 845 g/mol. The first-order chi connectivity index (χ1) is 30.2. The lowest BCUT2D eigenvalue weighted by Gasteiger charge is -2.15. The molecule has 4 nitrogen and oxygen atoms in total. The van der Waals surface area contributed by atoms with Crippen LogP contribution in [0.2, 0.25) is 0 Å². The summed E-state index contributed by atoms with van der Waals surface area (Å²) in [6.07, 6.45) is 77.6. The Kier molecular flexibility index (Phi) is 50.6. The van der Waals surface area contributed by atoms with Crippen LogP contribution in [0.4, 0.5) is 0 Å². The molecule has 348 valence electrons. The summed E-state index contributed by atoms with van der Waals surface area (Å²) in [5, 5.41) is 9.64. The van der Waals surface area contributed by atoms with Crippen LogP contribution in [0, 0.1) is 0 Å². The summed E-state index contributed by atoms with van der Waals surface area (Å²) in [6, 6.07) is 0. The highest BCUT2D eigenvalue weighted by molar-refractivity contribution is 5.69. The van der Waals surface area contributed by atoms with Crippen molar-refractivity contribution in [1.82, 2.24) is 0 Å². The Morgan fingerprint density at radius 2 is 0.738 bits per heavy atom. The van der Waals surface area contributed by atoms with Gasteiger partial charge in [0.1, 0.15) is 6.10 Å². The fraction of sp³-hybridized carbons (Fsp3) is 0.667. The number of rotatable bonds is 46. The number of allylic oxidation sites excluding steroid dienone is 18. The van der Waals surface area contributed by atoms with E-state index in [-0.39, 0.29) is 19.2 Å². The molecule has 61 heavy (non-hydrogen) atoms. The molecule has 0 aromatic rings. The Balaban J connectivity index is 3.53. The number of hydrogen-bond acceptors (Lipinski definition) is 4. The molecular formula is C57H96O4. The summed E-state index contributed by atoms with van der Waals surface area (Å²) in [5.41, 5.74) is 0. The fourth-order valence-electron chi connectivity index (χ4n) is 6.82. The van der Waals surface area contributed by atoms with E-state index in [1.807, 2.05) is 0 Å². The largest absolute Gasteiger partial charge is 0.457 e. The smallest absolute Gasteiger partial charge is 0.306 e. The van der Waals surface area contributed by atoms with Gasteiger partial charge in [0.25, 0.3) is 0 Å². The fourth-order valence-corrected chi connectivity index (χ4v) is 6.82. The van der Waals surface area contributed by atoms with Crippen molar-refractivity contribution in [2.75, 3.05) is 19.8 Å². The number of carbonyl (C=O) groups is 1. The Bertz CT molecular complexity index is 1170. The Hall–Kier alpha value is -2.95. The van der Waals surface area contributed by atoms with Crippen molar-refractivity contribution in [3.63, 3.8) is 0 Å². The van der Waals surface area contributed by atoms with E-state index in [2.05, 4.69) is 123 Å². The zero-order valence-corrected chi connectivity index (χ0v) is 39.9. The zero-order chi connectivity index (χ0) is 44.0. The lowest BCUT2D eigenvalue weighted by molar-refractivity contribution is -0.154. The van der Waals surface area contributed by atoms with E-state index in [0.29, 0.717) is 13.0 Å². The molecule has 0 aliphatic rings. The van der Waals surface area contributed by atoms with Crippen LogP contribution in [0.1, 0.15) is 219 Å². The molecule has 0 bridgehead atoms. The third-order valence-corrected chi connectivity index (χ3v) is 10.6. The third kappa shape index (κ3) is 51.3. The first kappa shape index (κ1) is 58.0. The maximum atomic E-state index is 12.2. The number of ether oxygens (including phenoxy) is 2. The van der Waals surface area contributed by atoms with Gasteiger partial charge < -0.3 is 14.6 Å². The molecule has 1 atom stereocenters. The van der Waals surface area contributed by atoms with Crippen molar-refractivity contribution < 1.29 is 19.4 Å². The van der Waals surface area contributed by atoms with Gasteiger partial charge in [-0.3, -0.25) is 4.79 Å². The SMILES string of the molecule is CC/C=C\C/C=C\C/C=C\C/C=C\C/C=C\C/C=C\C/C=C\CCCC(=O)OC(CO)COCCCCCCCCCCCCCCCC/C=C\C/C=C\CCCCCCC. The van der Waals surface area contributed by atoms with E-state index >= 15 is 0 Å². The van der Waals surface area contributed by atoms with Gasteiger partial charge in [-0.25, -0.2) is 0 Å². The average Bonchev–Trinajstić information content (AvgIpc) is 3.27. The summed E-state index contributed by atoms with van der Waals surface area (Å²) >= 11 is 0. The molecule has 0 spiro atoms. The van der Waals surface area contributed by atoms with E-state index in [1.165, 1.54) is 128 Å². The van der Waals surface area contributed by atoms with Gasteiger partial charge in [-0.15, -0.1) is 0 Å². The molecule has 0 heterocycles. The van der Waals surface area contributed by atoms with Gasteiger partial charge in [0.05, 0.1) is 13.2 Å². The summed E-state index contributed by atoms with van der Waals surface area (Å²) in [4.78, 5) is 12.2. The minimum Gasteiger partial charge on any atom is -0.457 e. The predicted molar refractivity (Wildman–Crippen MR) is 269 cm³/mol. The molecule has 0 aliphatic heterocycles. The number of carbonyl (C=O) groups excluding carboxylic acids is 1. The van der Waals surface area contributed by atoms with Crippen LogP contribution >= 0.6 is 0 Å². The second kappa shape index (κ2) is 53.2. The highest BCUT2D eigenvalue weighted by Crippen LogP contribution is 2.14. The second-order valence-corrected chi connectivity index (χ2v) is 16.5. The maximum Gasteiger partial charge on any atom is 0.306 e. The summed E-state index contributed by atoms with van der Waals surface area (Å²) < 4.78 is 11.2. The lowest BCUT2D eigenvalue weighted by atomic mass is 10.0. The Morgan fingerprint density at radius 1 is 0.410 bits per heavy atom. The molecule has 4 heteroatoms. The highest BCUT2D eigenvalue weighted by atomic mass is 16.6. The molecule has 0 amide bonds. The van der Waals surface area contributed by atoms with Crippen molar-refractivity contribution in [2.45, 2.75) is 225 Å². The summed E-state index contributed by atoms with van der Waals surface area (Å²) in [6.45, 7) is 5.16. The molecule has 1 N–H and O–H groups in total. The van der Waals surface area contributed by atoms with Crippen molar-refractivity contribution in [3.05, 3.63) is 109 Å². The molecule has 0 rings (SSSR count). The number of unbranched alkanes of at least 4 members (excludes halogenated alkanes) is 20. The standard InChI is InChI=1S/C57H96O4/c1-3-5-7-9-11-13-15-17-19-21-23-25-27-28-29-31-33-35-37-39-41-43-45-47-49-51-53-60-55-56(54-58)61-57(59)52-50-48-46-44-42-40-38-36-34-32-30-26-24-22-20-18-16-14-12-10-8-6-4-2/h6,8,12,14-15,17-18,20-21,23-24,26,32,34,38,40,44,46,56,58H,3-5,7,9-11,13,16,19,22,25,27-31,33,35-37,39,41-43,45,47-55H2,1-2H3/b8-6-,14-12-,17-15-,20-18-,23-21-,26-24-,34-32-,40-38-,46-44-. The summed E-state index contributed by atoms with van der Waals surface area (Å²) in [7, 11) is 0. The van der Waals surface area contributed by atoms with Crippen LogP contribution in [0.25, 0.3) is 0 Å². The Labute approximate surface area is 378 Å². The number of esters is 1. The molecule has 0 saturated heterocycles. The molecule has 0 aromatic heterocycles. The van der Waals surface area contributed by atoms with Gasteiger partial charge in [0.15, 0.2) is 0 Å². The minimum absolute atomic E-state index is 0.201. The average molecular weight is 845 g/mol. The lowest BCUT2D eigenvalue weighted by Crippen LogP contribution is -2.27. The molecule has 0 aromatic carbocycles. The molecular weight excluding hydrogens is 749 g/mol. The van der Waals surface area contributed by atoms with Crippen LogP contribution in [0.15, 0.2) is 109 Å². The number of hydrogen-bond donors (Lipinski definition) is 1. The normalized spacial score (nSPS) is 13.3. The molecule has 0 fully saturated rings. The van der Waals surface area contributed by atoms with Crippen LogP contribution in [0.3, 0.4) is 0 Å². The third-order valence-electron chi connectivity index (χ3n) is 10.6. The van der Waals surface area contributed by atoms with E-state index < -0.39 is 6.10 Å². The van der Waals surface area contributed by atoms with Gasteiger partial charge in [0, 0.05) is 13.0 Å².